The average Bonchev–Trinajstić information content (AvgIpc) is 3.41. The Morgan fingerprint density at radius 3 is 2.48 bits per heavy atom. The second-order valence-corrected chi connectivity index (χ2v) is 5.79. The van der Waals surface area contributed by atoms with Crippen LogP contribution in [0.15, 0.2) is 48.7 Å². The molecule has 0 radical (unpaired) electrons. The molecule has 0 bridgehead atoms. The zero-order chi connectivity index (χ0) is 16.2. The van der Waals surface area contributed by atoms with E-state index in [0.29, 0.717) is 5.56 Å². The maximum Gasteiger partial charge on any atom is 0.251 e. The number of rotatable bonds is 5. The van der Waals surface area contributed by atoms with E-state index in [0.717, 1.165) is 24.2 Å². The molecule has 1 fully saturated rings. The molecule has 3 rings (SSSR count). The molecular formula is C18H19N3O2. The van der Waals surface area contributed by atoms with Crippen LogP contribution in [0.25, 0.3) is 0 Å². The van der Waals surface area contributed by atoms with Crippen molar-refractivity contribution >= 4 is 17.5 Å². The van der Waals surface area contributed by atoms with Gasteiger partial charge in [-0.1, -0.05) is 6.07 Å². The van der Waals surface area contributed by atoms with Crippen molar-refractivity contribution in [2.24, 2.45) is 5.92 Å². The summed E-state index contributed by atoms with van der Waals surface area (Å²) in [6.45, 7) is 1.89. The highest BCUT2D eigenvalue weighted by Crippen LogP contribution is 2.30. The lowest BCUT2D eigenvalue weighted by Crippen LogP contribution is -2.27. The number of carbonyl (C=O) groups is 2. The summed E-state index contributed by atoms with van der Waals surface area (Å²) in [5.41, 5.74) is 2.09. The zero-order valence-electron chi connectivity index (χ0n) is 13.0. The van der Waals surface area contributed by atoms with Crippen molar-refractivity contribution in [3.05, 3.63) is 59.9 Å². The van der Waals surface area contributed by atoms with Gasteiger partial charge in [-0.25, -0.2) is 0 Å². The van der Waals surface area contributed by atoms with Crippen LogP contribution in [0.5, 0.6) is 0 Å². The lowest BCUT2D eigenvalue weighted by atomic mass is 10.1. The van der Waals surface area contributed by atoms with Crippen LogP contribution in [0.2, 0.25) is 0 Å². The Hall–Kier alpha value is -2.69. The summed E-state index contributed by atoms with van der Waals surface area (Å²) in [6.07, 6.45) is 3.64. The number of amides is 2. The van der Waals surface area contributed by atoms with Crippen LogP contribution in [0.3, 0.4) is 0 Å². The highest BCUT2D eigenvalue weighted by molar-refractivity contribution is 5.96. The quantitative estimate of drug-likeness (QED) is 0.892. The van der Waals surface area contributed by atoms with Gasteiger partial charge in [0.25, 0.3) is 5.91 Å². The molecule has 1 aliphatic rings. The molecule has 1 saturated carbocycles. The summed E-state index contributed by atoms with van der Waals surface area (Å²) in [5.74, 6) is 0.0615. The molecule has 1 aliphatic carbocycles. The first kappa shape index (κ1) is 15.2. The Bertz CT molecular complexity index is 694. The number of hydrogen-bond donors (Lipinski definition) is 2. The summed E-state index contributed by atoms with van der Waals surface area (Å²) < 4.78 is 0. The van der Waals surface area contributed by atoms with Crippen molar-refractivity contribution in [2.75, 3.05) is 5.32 Å². The van der Waals surface area contributed by atoms with Gasteiger partial charge in [0.1, 0.15) is 0 Å². The maximum atomic E-state index is 12.3. The van der Waals surface area contributed by atoms with Crippen LogP contribution in [0.1, 0.15) is 41.9 Å². The maximum absolute atomic E-state index is 12.3. The van der Waals surface area contributed by atoms with E-state index < -0.39 is 0 Å². The van der Waals surface area contributed by atoms with E-state index >= 15 is 0 Å². The molecule has 1 aromatic heterocycles. The van der Waals surface area contributed by atoms with Gasteiger partial charge in [-0.2, -0.15) is 0 Å². The standard InChI is InChI=1S/C18H19N3O2/c1-12(16-4-2-3-11-19-16)20-17(22)14-7-9-15(10-8-14)21-18(23)13-5-6-13/h2-4,7-13H,5-6H2,1H3,(H,20,22)(H,21,23). The van der Waals surface area contributed by atoms with Crippen LogP contribution in [-0.4, -0.2) is 16.8 Å². The Kier molecular flexibility index (Phi) is 4.37. The van der Waals surface area contributed by atoms with E-state index in [-0.39, 0.29) is 23.8 Å². The summed E-state index contributed by atoms with van der Waals surface area (Å²) in [6, 6.07) is 12.4. The van der Waals surface area contributed by atoms with Crippen LogP contribution in [0.4, 0.5) is 5.69 Å². The van der Waals surface area contributed by atoms with Crippen molar-refractivity contribution < 1.29 is 9.59 Å². The first-order valence-electron chi connectivity index (χ1n) is 7.76. The molecule has 0 aliphatic heterocycles. The molecule has 1 aromatic carbocycles. The highest BCUT2D eigenvalue weighted by atomic mass is 16.2. The first-order valence-corrected chi connectivity index (χ1v) is 7.76. The monoisotopic (exact) mass is 309 g/mol. The molecule has 2 amide bonds. The Morgan fingerprint density at radius 1 is 1.13 bits per heavy atom. The van der Waals surface area contributed by atoms with Crippen molar-refractivity contribution in [3.8, 4) is 0 Å². The van der Waals surface area contributed by atoms with Gasteiger partial charge in [0.05, 0.1) is 11.7 Å². The molecule has 2 aromatic rings. The topological polar surface area (TPSA) is 71.1 Å². The number of carbonyl (C=O) groups excluding carboxylic acids is 2. The summed E-state index contributed by atoms with van der Waals surface area (Å²) >= 11 is 0. The van der Waals surface area contributed by atoms with Gasteiger partial charge in [-0.05, 0) is 56.2 Å². The van der Waals surface area contributed by atoms with Crippen LogP contribution in [0, 0.1) is 5.92 Å². The van der Waals surface area contributed by atoms with E-state index in [1.165, 1.54) is 0 Å². The van der Waals surface area contributed by atoms with Crippen molar-refractivity contribution in [1.82, 2.24) is 10.3 Å². The molecule has 1 unspecified atom stereocenters. The second-order valence-electron chi connectivity index (χ2n) is 5.79. The molecule has 1 heterocycles. The number of nitrogens with one attached hydrogen (secondary N) is 2. The largest absolute Gasteiger partial charge is 0.344 e. The zero-order valence-corrected chi connectivity index (χ0v) is 13.0. The summed E-state index contributed by atoms with van der Waals surface area (Å²) in [4.78, 5) is 28.2. The fourth-order valence-corrected chi connectivity index (χ4v) is 2.28. The smallest absolute Gasteiger partial charge is 0.251 e. The fourth-order valence-electron chi connectivity index (χ4n) is 2.28. The van der Waals surface area contributed by atoms with Crippen LogP contribution < -0.4 is 10.6 Å². The predicted octanol–water partition coefficient (Wildman–Crippen LogP) is 2.92. The minimum atomic E-state index is -0.169. The lowest BCUT2D eigenvalue weighted by molar-refractivity contribution is -0.117. The number of hydrogen-bond acceptors (Lipinski definition) is 3. The molecule has 5 nitrogen and oxygen atoms in total. The SMILES string of the molecule is CC(NC(=O)c1ccc(NC(=O)C2CC2)cc1)c1ccccn1. The number of benzene rings is 1. The number of pyridine rings is 1. The molecular weight excluding hydrogens is 290 g/mol. The minimum absolute atomic E-state index is 0.0611. The number of nitrogens with zero attached hydrogens (tertiary/aromatic N) is 1. The van der Waals surface area contributed by atoms with Crippen molar-refractivity contribution in [3.63, 3.8) is 0 Å². The Morgan fingerprint density at radius 2 is 1.87 bits per heavy atom. The second kappa shape index (κ2) is 6.60. The van der Waals surface area contributed by atoms with Gasteiger partial charge in [-0.3, -0.25) is 14.6 Å². The molecule has 5 heteroatoms. The average molecular weight is 309 g/mol. The molecule has 1 atom stereocenters. The minimum Gasteiger partial charge on any atom is -0.344 e. The van der Waals surface area contributed by atoms with Gasteiger partial charge < -0.3 is 10.6 Å². The highest BCUT2D eigenvalue weighted by Gasteiger charge is 2.29. The Balaban J connectivity index is 1.60. The molecule has 2 N–H and O–H groups in total. The number of aromatic nitrogens is 1. The lowest BCUT2D eigenvalue weighted by Gasteiger charge is -2.13. The molecule has 0 spiro atoms. The van der Waals surface area contributed by atoms with Gasteiger partial charge >= 0.3 is 0 Å². The summed E-state index contributed by atoms with van der Waals surface area (Å²) in [7, 11) is 0. The first-order chi connectivity index (χ1) is 11.1. The van der Waals surface area contributed by atoms with E-state index in [9.17, 15) is 9.59 Å². The van der Waals surface area contributed by atoms with Gasteiger partial charge in [-0.15, -0.1) is 0 Å². The third-order valence-electron chi connectivity index (χ3n) is 3.84. The normalized spacial score (nSPS) is 14.8. The summed E-state index contributed by atoms with van der Waals surface area (Å²) in [5, 5.41) is 5.77. The predicted molar refractivity (Wildman–Crippen MR) is 87.9 cm³/mol. The Labute approximate surface area is 135 Å². The van der Waals surface area contributed by atoms with Crippen LogP contribution in [-0.2, 0) is 4.79 Å². The van der Waals surface area contributed by atoms with Gasteiger partial charge in [0.2, 0.25) is 5.91 Å². The van der Waals surface area contributed by atoms with E-state index in [2.05, 4.69) is 15.6 Å². The molecule has 23 heavy (non-hydrogen) atoms. The molecule has 118 valence electrons. The number of anilines is 1. The van der Waals surface area contributed by atoms with Crippen LogP contribution >= 0.6 is 0 Å². The van der Waals surface area contributed by atoms with Gasteiger partial charge in [0.15, 0.2) is 0 Å². The fraction of sp³-hybridized carbons (Fsp3) is 0.278. The van der Waals surface area contributed by atoms with Crippen molar-refractivity contribution in [2.45, 2.75) is 25.8 Å². The van der Waals surface area contributed by atoms with E-state index in [1.807, 2.05) is 25.1 Å². The third-order valence-corrected chi connectivity index (χ3v) is 3.84. The van der Waals surface area contributed by atoms with Crippen molar-refractivity contribution in [1.29, 1.82) is 0 Å². The molecule has 0 saturated heterocycles. The van der Waals surface area contributed by atoms with Gasteiger partial charge in [0, 0.05) is 23.4 Å². The third kappa shape index (κ3) is 3.94. The van der Waals surface area contributed by atoms with E-state index in [1.54, 1.807) is 30.5 Å². The van der Waals surface area contributed by atoms with E-state index in [4.69, 9.17) is 0 Å².